The molecular weight excluding hydrogens is 261 g/mol. The molecule has 17 heavy (non-hydrogen) atoms. The van der Waals surface area contributed by atoms with Gasteiger partial charge in [0.05, 0.1) is 23.5 Å². The summed E-state index contributed by atoms with van der Waals surface area (Å²) in [6, 6.07) is 3.49. The number of hydrogen-bond acceptors (Lipinski definition) is 4. The van der Waals surface area contributed by atoms with Gasteiger partial charge in [0.2, 0.25) is 5.28 Å². The Morgan fingerprint density at radius 2 is 1.88 bits per heavy atom. The van der Waals surface area contributed by atoms with Crippen molar-refractivity contribution in [3.63, 3.8) is 0 Å². The van der Waals surface area contributed by atoms with Crippen molar-refractivity contribution in [2.45, 2.75) is 0 Å². The average Bonchev–Trinajstić information content (AvgIpc) is 2.73. The minimum atomic E-state index is 0.182. The second kappa shape index (κ2) is 3.94. The van der Waals surface area contributed by atoms with E-state index in [4.69, 9.17) is 23.2 Å². The molecule has 3 rings (SSSR count). The molecule has 7 heteroatoms. The average molecular weight is 266 g/mol. The zero-order valence-corrected chi connectivity index (χ0v) is 9.89. The van der Waals surface area contributed by atoms with Gasteiger partial charge in [-0.05, 0) is 23.7 Å². The highest BCUT2D eigenvalue weighted by Gasteiger charge is 2.07. The fourth-order valence-corrected chi connectivity index (χ4v) is 1.72. The molecule has 3 aromatic rings. The van der Waals surface area contributed by atoms with Crippen LogP contribution < -0.4 is 0 Å². The molecule has 0 aliphatic rings. The third-order valence-corrected chi connectivity index (χ3v) is 2.64. The summed E-state index contributed by atoms with van der Waals surface area (Å²) in [5.74, 6) is 0. The molecule has 3 heterocycles. The first-order valence-corrected chi connectivity index (χ1v) is 5.48. The van der Waals surface area contributed by atoms with Crippen LogP contribution in [0.5, 0.6) is 0 Å². The molecule has 0 aromatic carbocycles. The van der Waals surface area contributed by atoms with Crippen LogP contribution in [0.3, 0.4) is 0 Å². The molecule has 84 valence electrons. The second-order valence-electron chi connectivity index (χ2n) is 3.31. The highest BCUT2D eigenvalue weighted by Crippen LogP contribution is 2.17. The third kappa shape index (κ3) is 1.83. The van der Waals surface area contributed by atoms with Gasteiger partial charge in [0.15, 0.2) is 5.65 Å². The molecule has 0 saturated carbocycles. The predicted octanol–water partition coefficient (Wildman–Crippen LogP) is 2.52. The molecule has 0 radical (unpaired) electrons. The number of hydrogen-bond donors (Lipinski definition) is 0. The van der Waals surface area contributed by atoms with Crippen LogP contribution in [0.4, 0.5) is 0 Å². The van der Waals surface area contributed by atoms with E-state index in [1.807, 2.05) is 0 Å². The lowest BCUT2D eigenvalue weighted by Crippen LogP contribution is -1.98. The van der Waals surface area contributed by atoms with Gasteiger partial charge in [-0.1, -0.05) is 11.6 Å². The summed E-state index contributed by atoms with van der Waals surface area (Å²) in [7, 11) is 0. The number of rotatable bonds is 1. The maximum absolute atomic E-state index is 5.76. The highest BCUT2D eigenvalue weighted by molar-refractivity contribution is 6.29. The van der Waals surface area contributed by atoms with Crippen molar-refractivity contribution in [2.75, 3.05) is 0 Å². The Morgan fingerprint density at radius 3 is 2.65 bits per heavy atom. The number of pyridine rings is 1. The van der Waals surface area contributed by atoms with Crippen LogP contribution >= 0.6 is 23.2 Å². The molecule has 0 amide bonds. The highest BCUT2D eigenvalue weighted by atomic mass is 35.5. The number of aromatic nitrogens is 5. The zero-order valence-electron chi connectivity index (χ0n) is 8.38. The van der Waals surface area contributed by atoms with Gasteiger partial charge in [0, 0.05) is 6.20 Å². The van der Waals surface area contributed by atoms with Crippen LogP contribution in [-0.4, -0.2) is 24.7 Å². The molecule has 0 N–H and O–H groups in total. The maximum atomic E-state index is 5.76. The van der Waals surface area contributed by atoms with Gasteiger partial charge in [-0.15, -0.1) is 0 Å². The second-order valence-corrected chi connectivity index (χ2v) is 4.04. The smallest absolute Gasteiger partial charge is 0.224 e. The first-order valence-electron chi connectivity index (χ1n) is 4.72. The van der Waals surface area contributed by atoms with E-state index >= 15 is 0 Å². The zero-order chi connectivity index (χ0) is 11.8. The van der Waals surface area contributed by atoms with Crippen LogP contribution in [0.1, 0.15) is 0 Å². The Hall–Kier alpha value is -1.72. The van der Waals surface area contributed by atoms with Crippen LogP contribution in [0.25, 0.3) is 16.7 Å². The van der Waals surface area contributed by atoms with Crippen molar-refractivity contribution in [3.05, 3.63) is 41.2 Å². The Bertz CT molecular complexity index is 677. The van der Waals surface area contributed by atoms with E-state index < -0.39 is 0 Å². The first kappa shape index (κ1) is 10.4. The molecule has 0 saturated heterocycles. The first-order chi connectivity index (χ1) is 8.24. The van der Waals surface area contributed by atoms with Crippen LogP contribution in [0, 0.1) is 0 Å². The fourth-order valence-electron chi connectivity index (χ4n) is 1.48. The standard InChI is InChI=1S/C10H5Cl2N5/c11-8-2-1-7(5-13-8)17-9-6(4-15-17)3-14-10(12)16-9/h1-5H. The van der Waals surface area contributed by atoms with Crippen molar-refractivity contribution < 1.29 is 0 Å². The Kier molecular flexibility index (Phi) is 2.42. The molecule has 0 spiro atoms. The van der Waals surface area contributed by atoms with Gasteiger partial charge < -0.3 is 0 Å². The van der Waals surface area contributed by atoms with Crippen molar-refractivity contribution in [3.8, 4) is 5.69 Å². The van der Waals surface area contributed by atoms with Crippen molar-refractivity contribution in [1.82, 2.24) is 24.7 Å². The lowest BCUT2D eigenvalue weighted by atomic mass is 10.4. The van der Waals surface area contributed by atoms with Crippen molar-refractivity contribution >= 4 is 34.2 Å². The molecule has 5 nitrogen and oxygen atoms in total. The Balaban J connectivity index is 2.23. The molecule has 0 fully saturated rings. The monoisotopic (exact) mass is 265 g/mol. The third-order valence-electron chi connectivity index (χ3n) is 2.24. The van der Waals surface area contributed by atoms with Gasteiger partial charge in [-0.25, -0.2) is 14.6 Å². The minimum absolute atomic E-state index is 0.182. The van der Waals surface area contributed by atoms with E-state index in [-0.39, 0.29) is 5.28 Å². The van der Waals surface area contributed by atoms with Crippen LogP contribution in [0.2, 0.25) is 10.4 Å². The quantitative estimate of drug-likeness (QED) is 0.501. The molecule has 0 bridgehead atoms. The van der Waals surface area contributed by atoms with Crippen LogP contribution in [0.15, 0.2) is 30.7 Å². The summed E-state index contributed by atoms with van der Waals surface area (Å²) in [6.45, 7) is 0. The SMILES string of the molecule is Clc1ccc(-n2ncc3cnc(Cl)nc32)cn1. The Labute approximate surface area is 106 Å². The normalized spacial score (nSPS) is 10.9. The summed E-state index contributed by atoms with van der Waals surface area (Å²) in [6.07, 6.45) is 4.91. The molecule has 3 aromatic heterocycles. The van der Waals surface area contributed by atoms with Crippen molar-refractivity contribution in [2.24, 2.45) is 0 Å². The van der Waals surface area contributed by atoms with E-state index in [9.17, 15) is 0 Å². The van der Waals surface area contributed by atoms with Gasteiger partial charge in [0.25, 0.3) is 0 Å². The lowest BCUT2D eigenvalue weighted by molar-refractivity contribution is 0.888. The van der Waals surface area contributed by atoms with Gasteiger partial charge in [0.1, 0.15) is 5.15 Å². The van der Waals surface area contributed by atoms with Gasteiger partial charge in [-0.3, -0.25) is 0 Å². The summed E-state index contributed by atoms with van der Waals surface area (Å²) in [5, 5.41) is 5.63. The number of halogens is 2. The lowest BCUT2D eigenvalue weighted by Gasteiger charge is -2.01. The molecular formula is C10H5Cl2N5. The van der Waals surface area contributed by atoms with E-state index in [0.29, 0.717) is 10.8 Å². The minimum Gasteiger partial charge on any atom is -0.242 e. The molecule has 0 aliphatic carbocycles. The van der Waals surface area contributed by atoms with Crippen LogP contribution in [-0.2, 0) is 0 Å². The summed E-state index contributed by atoms with van der Waals surface area (Å²) in [4.78, 5) is 12.0. The fraction of sp³-hybridized carbons (Fsp3) is 0. The largest absolute Gasteiger partial charge is 0.242 e. The molecule has 0 aliphatic heterocycles. The van der Waals surface area contributed by atoms with E-state index in [1.165, 1.54) is 0 Å². The topological polar surface area (TPSA) is 56.5 Å². The summed E-state index contributed by atoms with van der Waals surface area (Å²) < 4.78 is 1.63. The number of nitrogens with zero attached hydrogens (tertiary/aromatic N) is 5. The number of fused-ring (bicyclic) bond motifs is 1. The van der Waals surface area contributed by atoms with Gasteiger partial charge >= 0.3 is 0 Å². The summed E-state index contributed by atoms with van der Waals surface area (Å²) in [5.41, 5.74) is 1.40. The van der Waals surface area contributed by atoms with E-state index in [1.54, 1.807) is 35.4 Å². The maximum Gasteiger partial charge on any atom is 0.224 e. The Morgan fingerprint density at radius 1 is 1.00 bits per heavy atom. The van der Waals surface area contributed by atoms with E-state index in [2.05, 4.69) is 20.1 Å². The summed E-state index contributed by atoms with van der Waals surface area (Å²) >= 11 is 11.5. The molecule has 0 unspecified atom stereocenters. The molecule has 0 atom stereocenters. The van der Waals surface area contributed by atoms with Crippen molar-refractivity contribution in [1.29, 1.82) is 0 Å². The van der Waals surface area contributed by atoms with Gasteiger partial charge in [-0.2, -0.15) is 10.1 Å². The predicted molar refractivity (Wildman–Crippen MR) is 64.5 cm³/mol. The van der Waals surface area contributed by atoms with E-state index in [0.717, 1.165) is 11.1 Å².